The Balaban J connectivity index is 2.26. The fraction of sp³-hybridized carbons (Fsp3) is 0.909. The standard InChI is InChI=1S/C11H22N2O3/c1-11(2,3)12-5-4-10(16)13-6-8(14)9(15)7-13/h8-9,12,14-15H,4-7H2,1-3H3. The zero-order chi connectivity index (χ0) is 12.3. The maximum Gasteiger partial charge on any atom is 0.224 e. The second-order valence-corrected chi connectivity index (χ2v) is 5.36. The molecule has 0 bridgehead atoms. The van der Waals surface area contributed by atoms with Crippen molar-refractivity contribution < 1.29 is 15.0 Å². The molecule has 5 heteroatoms. The molecule has 1 heterocycles. The predicted octanol–water partition coefficient (Wildman–Crippen LogP) is -0.671. The Labute approximate surface area is 96.4 Å². The highest BCUT2D eigenvalue weighted by Gasteiger charge is 2.32. The largest absolute Gasteiger partial charge is 0.388 e. The molecule has 2 unspecified atom stereocenters. The van der Waals surface area contributed by atoms with Crippen LogP contribution in [0.2, 0.25) is 0 Å². The molecule has 0 spiro atoms. The maximum atomic E-state index is 11.7. The van der Waals surface area contributed by atoms with Crippen LogP contribution >= 0.6 is 0 Å². The van der Waals surface area contributed by atoms with Crippen molar-refractivity contribution >= 4 is 5.91 Å². The van der Waals surface area contributed by atoms with Crippen LogP contribution in [0.5, 0.6) is 0 Å². The molecule has 1 aliphatic heterocycles. The summed E-state index contributed by atoms with van der Waals surface area (Å²) in [6.07, 6.45) is -1.18. The van der Waals surface area contributed by atoms with E-state index >= 15 is 0 Å². The van der Waals surface area contributed by atoms with E-state index in [1.165, 1.54) is 4.90 Å². The fourth-order valence-corrected chi connectivity index (χ4v) is 1.68. The van der Waals surface area contributed by atoms with Crippen LogP contribution in [0.3, 0.4) is 0 Å². The van der Waals surface area contributed by atoms with Crippen LogP contribution in [0, 0.1) is 0 Å². The molecule has 2 atom stereocenters. The molecule has 1 fully saturated rings. The summed E-state index contributed by atoms with van der Waals surface area (Å²) in [7, 11) is 0. The lowest BCUT2D eigenvalue weighted by atomic mass is 10.1. The highest BCUT2D eigenvalue weighted by Crippen LogP contribution is 2.11. The molecule has 3 N–H and O–H groups in total. The molecule has 0 aromatic heterocycles. The Bertz CT molecular complexity index is 240. The lowest BCUT2D eigenvalue weighted by molar-refractivity contribution is -0.130. The van der Waals surface area contributed by atoms with Gasteiger partial charge in [-0.1, -0.05) is 0 Å². The monoisotopic (exact) mass is 230 g/mol. The summed E-state index contributed by atoms with van der Waals surface area (Å²) in [6.45, 7) is 7.23. The first kappa shape index (κ1) is 13.4. The molecular weight excluding hydrogens is 208 g/mol. The van der Waals surface area contributed by atoms with Crippen LogP contribution < -0.4 is 5.32 Å². The average molecular weight is 230 g/mol. The van der Waals surface area contributed by atoms with Gasteiger partial charge in [0.25, 0.3) is 0 Å². The van der Waals surface area contributed by atoms with E-state index in [0.29, 0.717) is 13.0 Å². The Kier molecular flexibility index (Phi) is 4.29. The number of carbonyl (C=O) groups is 1. The van der Waals surface area contributed by atoms with E-state index < -0.39 is 12.2 Å². The van der Waals surface area contributed by atoms with E-state index in [0.717, 1.165) is 0 Å². The van der Waals surface area contributed by atoms with E-state index in [2.05, 4.69) is 5.32 Å². The number of nitrogens with zero attached hydrogens (tertiary/aromatic N) is 1. The first-order chi connectivity index (χ1) is 7.29. The second-order valence-electron chi connectivity index (χ2n) is 5.36. The van der Waals surface area contributed by atoms with Crippen LogP contribution in [0.15, 0.2) is 0 Å². The van der Waals surface area contributed by atoms with E-state index in [1.54, 1.807) is 0 Å². The summed E-state index contributed by atoms with van der Waals surface area (Å²) >= 11 is 0. The second kappa shape index (κ2) is 5.12. The highest BCUT2D eigenvalue weighted by atomic mass is 16.3. The first-order valence-corrected chi connectivity index (χ1v) is 5.68. The molecule has 1 aliphatic rings. The van der Waals surface area contributed by atoms with Gasteiger partial charge in [-0.15, -0.1) is 0 Å². The quantitative estimate of drug-likeness (QED) is 0.601. The number of carbonyl (C=O) groups excluding carboxylic acids is 1. The summed E-state index contributed by atoms with van der Waals surface area (Å²) in [4.78, 5) is 13.2. The number of amides is 1. The third kappa shape index (κ3) is 4.08. The van der Waals surface area contributed by atoms with Gasteiger partial charge in [-0.25, -0.2) is 0 Å². The summed E-state index contributed by atoms with van der Waals surface area (Å²) in [5.74, 6) is -0.0210. The van der Waals surface area contributed by atoms with Crippen molar-refractivity contribution in [2.45, 2.75) is 44.9 Å². The van der Waals surface area contributed by atoms with Crippen molar-refractivity contribution in [3.63, 3.8) is 0 Å². The van der Waals surface area contributed by atoms with Gasteiger partial charge in [0.1, 0.15) is 0 Å². The van der Waals surface area contributed by atoms with Gasteiger partial charge in [0.15, 0.2) is 0 Å². The van der Waals surface area contributed by atoms with Gasteiger partial charge < -0.3 is 20.4 Å². The number of likely N-dealkylation sites (tertiary alicyclic amines) is 1. The number of hydrogen-bond donors (Lipinski definition) is 3. The third-order valence-corrected chi connectivity index (χ3v) is 2.61. The van der Waals surface area contributed by atoms with E-state index in [1.807, 2.05) is 20.8 Å². The minimum Gasteiger partial charge on any atom is -0.388 e. The molecule has 0 saturated carbocycles. The molecule has 1 saturated heterocycles. The Hall–Kier alpha value is -0.650. The van der Waals surface area contributed by atoms with Crippen LogP contribution in [0.1, 0.15) is 27.2 Å². The van der Waals surface area contributed by atoms with Crippen LogP contribution in [-0.4, -0.2) is 58.4 Å². The number of nitrogens with one attached hydrogen (secondary N) is 1. The van der Waals surface area contributed by atoms with Gasteiger partial charge in [-0.05, 0) is 20.8 Å². The summed E-state index contributed by atoms with van der Waals surface area (Å²) < 4.78 is 0. The molecule has 1 amide bonds. The topological polar surface area (TPSA) is 72.8 Å². The Morgan fingerprint density at radius 2 is 1.81 bits per heavy atom. The highest BCUT2D eigenvalue weighted by molar-refractivity contribution is 5.76. The number of aliphatic hydroxyl groups excluding tert-OH is 2. The first-order valence-electron chi connectivity index (χ1n) is 5.68. The molecule has 0 aromatic rings. The number of hydrogen-bond acceptors (Lipinski definition) is 4. The van der Waals surface area contributed by atoms with Crippen molar-refractivity contribution in [1.29, 1.82) is 0 Å². The average Bonchev–Trinajstić information content (AvgIpc) is 2.45. The SMILES string of the molecule is CC(C)(C)NCCC(=O)N1CC(O)C(O)C1. The van der Waals surface area contributed by atoms with Crippen molar-refractivity contribution in [3.8, 4) is 0 Å². The van der Waals surface area contributed by atoms with Gasteiger partial charge in [0.05, 0.1) is 12.2 Å². The normalized spacial score (nSPS) is 26.2. The molecule has 16 heavy (non-hydrogen) atoms. The maximum absolute atomic E-state index is 11.7. The molecule has 94 valence electrons. The van der Waals surface area contributed by atoms with Crippen molar-refractivity contribution in [3.05, 3.63) is 0 Å². The predicted molar refractivity (Wildman–Crippen MR) is 61.0 cm³/mol. The van der Waals surface area contributed by atoms with Gasteiger partial charge in [-0.2, -0.15) is 0 Å². The summed E-state index contributed by atoms with van der Waals surface area (Å²) in [6, 6.07) is 0. The molecule has 0 aromatic carbocycles. The van der Waals surface area contributed by atoms with E-state index in [9.17, 15) is 15.0 Å². The van der Waals surface area contributed by atoms with Gasteiger partial charge in [-0.3, -0.25) is 4.79 Å². The zero-order valence-corrected chi connectivity index (χ0v) is 10.2. The zero-order valence-electron chi connectivity index (χ0n) is 10.2. The van der Waals surface area contributed by atoms with Gasteiger partial charge >= 0.3 is 0 Å². The minimum absolute atomic E-state index is 0.00428. The molecule has 0 radical (unpaired) electrons. The number of aliphatic hydroxyl groups is 2. The van der Waals surface area contributed by atoms with Crippen molar-refractivity contribution in [2.24, 2.45) is 0 Å². The lowest BCUT2D eigenvalue weighted by Gasteiger charge is -2.21. The van der Waals surface area contributed by atoms with Crippen LogP contribution in [0.4, 0.5) is 0 Å². The summed E-state index contributed by atoms with van der Waals surface area (Å²) in [5.41, 5.74) is 0.00428. The van der Waals surface area contributed by atoms with Crippen LogP contribution in [0.25, 0.3) is 0 Å². The Morgan fingerprint density at radius 3 is 2.25 bits per heavy atom. The van der Waals surface area contributed by atoms with Gasteiger partial charge in [0.2, 0.25) is 5.91 Å². The fourth-order valence-electron chi connectivity index (χ4n) is 1.68. The molecule has 5 nitrogen and oxygen atoms in total. The van der Waals surface area contributed by atoms with Crippen LogP contribution in [-0.2, 0) is 4.79 Å². The van der Waals surface area contributed by atoms with Crippen molar-refractivity contribution in [1.82, 2.24) is 10.2 Å². The Morgan fingerprint density at radius 1 is 1.31 bits per heavy atom. The smallest absolute Gasteiger partial charge is 0.224 e. The number of rotatable bonds is 3. The molecule has 0 aliphatic carbocycles. The molecular formula is C11H22N2O3. The third-order valence-electron chi connectivity index (χ3n) is 2.61. The van der Waals surface area contributed by atoms with E-state index in [-0.39, 0.29) is 24.5 Å². The molecule has 1 rings (SSSR count). The number of β-amino-alcohol motifs (C(OH)–C–C–N with tert-alkyl or cyclic N) is 2. The summed E-state index contributed by atoms with van der Waals surface area (Å²) in [5, 5.41) is 21.9. The van der Waals surface area contributed by atoms with E-state index in [4.69, 9.17) is 0 Å². The van der Waals surface area contributed by atoms with Gasteiger partial charge in [0, 0.05) is 31.6 Å². The lowest BCUT2D eigenvalue weighted by Crippen LogP contribution is -2.39. The minimum atomic E-state index is -0.792. The van der Waals surface area contributed by atoms with Crippen molar-refractivity contribution in [2.75, 3.05) is 19.6 Å².